The number of carbonyl (C=O) groups is 1. The van der Waals surface area contributed by atoms with Crippen LogP contribution in [0.25, 0.3) is 0 Å². The first-order chi connectivity index (χ1) is 11.5. The van der Waals surface area contributed by atoms with E-state index in [2.05, 4.69) is 34.4 Å². The molecule has 130 valence electrons. The fraction of sp³-hybridized carbons (Fsp3) is 0.294. The molecule has 0 aliphatic rings. The second kappa shape index (κ2) is 11.0. The van der Waals surface area contributed by atoms with Gasteiger partial charge in [-0.25, -0.2) is 0 Å². The number of ether oxygens (including phenoxy) is 2. The molecule has 1 aromatic rings. The molecular weight excluding hydrogens is 392 g/mol. The Morgan fingerprint density at radius 1 is 1.33 bits per heavy atom. The zero-order chi connectivity index (χ0) is 17.9. The van der Waals surface area contributed by atoms with Gasteiger partial charge in [0.15, 0.2) is 5.11 Å². The molecule has 0 spiro atoms. The highest BCUT2D eigenvalue weighted by molar-refractivity contribution is 9.10. The normalized spacial score (nSPS) is 9.92. The van der Waals surface area contributed by atoms with Crippen molar-refractivity contribution in [2.24, 2.45) is 0 Å². The minimum Gasteiger partial charge on any atom is -0.490 e. The van der Waals surface area contributed by atoms with E-state index in [1.165, 1.54) is 0 Å². The summed E-state index contributed by atoms with van der Waals surface area (Å²) in [6.45, 7) is 9.34. The lowest BCUT2D eigenvalue weighted by Crippen LogP contribution is -2.42. The first-order valence-corrected chi connectivity index (χ1v) is 8.47. The molecule has 1 N–H and O–H groups in total. The van der Waals surface area contributed by atoms with E-state index in [1.54, 1.807) is 42.4 Å². The van der Waals surface area contributed by atoms with Crippen molar-refractivity contribution in [3.05, 3.63) is 53.5 Å². The Morgan fingerprint density at radius 3 is 2.54 bits per heavy atom. The van der Waals surface area contributed by atoms with Gasteiger partial charge in [0, 0.05) is 25.8 Å². The molecule has 0 unspecified atom stereocenters. The number of benzene rings is 1. The van der Waals surface area contributed by atoms with E-state index in [1.807, 2.05) is 0 Å². The number of hydrogen-bond acceptors (Lipinski definition) is 4. The minimum absolute atomic E-state index is 0.290. The van der Waals surface area contributed by atoms with Gasteiger partial charge in [-0.05, 0) is 46.3 Å². The van der Waals surface area contributed by atoms with Crippen LogP contribution in [0.15, 0.2) is 48.0 Å². The minimum atomic E-state index is -0.290. The Kier molecular flexibility index (Phi) is 9.29. The predicted octanol–water partition coefficient (Wildman–Crippen LogP) is 3.16. The maximum Gasteiger partial charge on any atom is 0.257 e. The maximum atomic E-state index is 12.3. The Hall–Kier alpha value is -1.70. The van der Waals surface area contributed by atoms with Crippen molar-refractivity contribution in [3.8, 4) is 5.75 Å². The molecule has 0 aromatic heterocycles. The Bertz CT molecular complexity index is 597. The summed E-state index contributed by atoms with van der Waals surface area (Å²) in [4.78, 5) is 14.1. The van der Waals surface area contributed by atoms with Crippen molar-refractivity contribution in [2.45, 2.75) is 0 Å². The number of nitrogens with one attached hydrogen (secondary N) is 1. The van der Waals surface area contributed by atoms with Gasteiger partial charge in [0.2, 0.25) is 0 Å². The number of carbonyl (C=O) groups excluding carboxylic acids is 1. The van der Waals surface area contributed by atoms with Gasteiger partial charge >= 0.3 is 0 Å². The summed E-state index contributed by atoms with van der Waals surface area (Å²) in [6.07, 6.45) is 3.43. The van der Waals surface area contributed by atoms with Gasteiger partial charge in [0.05, 0.1) is 11.1 Å². The van der Waals surface area contributed by atoms with Gasteiger partial charge in [-0.3, -0.25) is 10.1 Å². The van der Waals surface area contributed by atoms with Crippen LogP contribution in [-0.2, 0) is 4.74 Å². The average molecular weight is 413 g/mol. The van der Waals surface area contributed by atoms with Gasteiger partial charge in [0.1, 0.15) is 12.4 Å². The molecule has 1 rings (SSSR count). The van der Waals surface area contributed by atoms with Crippen LogP contribution < -0.4 is 10.1 Å². The number of methoxy groups -OCH3 is 1. The fourth-order valence-corrected chi connectivity index (χ4v) is 2.53. The van der Waals surface area contributed by atoms with Crippen LogP contribution in [0.1, 0.15) is 10.4 Å². The van der Waals surface area contributed by atoms with E-state index in [4.69, 9.17) is 21.7 Å². The van der Waals surface area contributed by atoms with Crippen LogP contribution in [-0.4, -0.2) is 49.3 Å². The molecule has 0 aliphatic carbocycles. The van der Waals surface area contributed by atoms with Crippen LogP contribution in [0.2, 0.25) is 0 Å². The number of rotatable bonds is 9. The molecule has 0 fully saturated rings. The van der Waals surface area contributed by atoms with Crippen LogP contribution in [0.3, 0.4) is 0 Å². The third-order valence-corrected chi connectivity index (χ3v) is 3.93. The molecule has 0 radical (unpaired) electrons. The average Bonchev–Trinajstić information content (AvgIpc) is 2.56. The summed E-state index contributed by atoms with van der Waals surface area (Å²) in [5.74, 6) is 0.355. The summed E-state index contributed by atoms with van der Waals surface area (Å²) < 4.78 is 11.2. The van der Waals surface area contributed by atoms with Gasteiger partial charge in [-0.2, -0.15) is 0 Å². The Morgan fingerprint density at radius 2 is 2.00 bits per heavy atom. The zero-order valence-corrected chi connectivity index (χ0v) is 16.0. The monoisotopic (exact) mass is 412 g/mol. The summed E-state index contributed by atoms with van der Waals surface area (Å²) in [7, 11) is 1.61. The lowest BCUT2D eigenvalue weighted by Gasteiger charge is -2.22. The Balaban J connectivity index is 2.73. The molecule has 0 bridgehead atoms. The number of nitrogens with zero attached hydrogens (tertiary/aromatic N) is 1. The maximum absolute atomic E-state index is 12.3. The summed E-state index contributed by atoms with van der Waals surface area (Å²) in [5.41, 5.74) is 0.473. The van der Waals surface area contributed by atoms with Gasteiger partial charge in [-0.15, -0.1) is 13.2 Å². The van der Waals surface area contributed by atoms with E-state index in [-0.39, 0.29) is 5.91 Å². The van der Waals surface area contributed by atoms with Crippen LogP contribution >= 0.6 is 28.1 Å². The first kappa shape index (κ1) is 20.3. The van der Waals surface area contributed by atoms with E-state index in [0.717, 1.165) is 0 Å². The predicted molar refractivity (Wildman–Crippen MR) is 104 cm³/mol. The number of amides is 1. The van der Waals surface area contributed by atoms with Crippen molar-refractivity contribution in [1.82, 2.24) is 10.2 Å². The zero-order valence-electron chi connectivity index (χ0n) is 13.6. The third-order valence-electron chi connectivity index (χ3n) is 2.95. The number of halogens is 1. The molecule has 0 saturated heterocycles. The number of thiocarbonyl (C=S) groups is 1. The highest BCUT2D eigenvalue weighted by Gasteiger charge is 2.13. The topological polar surface area (TPSA) is 50.8 Å². The SMILES string of the molecule is C=CCN(CC=C)C(=S)NC(=O)c1ccc(OCCOC)c(Br)c1. The molecule has 24 heavy (non-hydrogen) atoms. The molecular formula is C17H21BrN2O3S. The van der Waals surface area contributed by atoms with E-state index < -0.39 is 0 Å². The number of hydrogen-bond donors (Lipinski definition) is 1. The molecule has 1 aromatic carbocycles. The summed E-state index contributed by atoms with van der Waals surface area (Å²) >= 11 is 8.66. The highest BCUT2D eigenvalue weighted by Crippen LogP contribution is 2.26. The van der Waals surface area contributed by atoms with Crippen LogP contribution in [0.4, 0.5) is 0 Å². The molecule has 0 aliphatic heterocycles. The highest BCUT2D eigenvalue weighted by atomic mass is 79.9. The molecule has 0 heterocycles. The first-order valence-electron chi connectivity index (χ1n) is 7.26. The molecule has 7 heteroatoms. The molecule has 0 saturated carbocycles. The van der Waals surface area contributed by atoms with Crippen molar-refractivity contribution >= 4 is 39.2 Å². The van der Waals surface area contributed by atoms with E-state index in [0.29, 0.717) is 47.2 Å². The van der Waals surface area contributed by atoms with Crippen LogP contribution in [0.5, 0.6) is 5.75 Å². The molecule has 5 nitrogen and oxygen atoms in total. The van der Waals surface area contributed by atoms with Gasteiger partial charge in [-0.1, -0.05) is 12.2 Å². The summed E-state index contributed by atoms with van der Waals surface area (Å²) in [6, 6.07) is 5.09. The molecule has 0 atom stereocenters. The van der Waals surface area contributed by atoms with E-state index in [9.17, 15) is 4.79 Å². The molecule has 1 amide bonds. The summed E-state index contributed by atoms with van der Waals surface area (Å²) in [5, 5.41) is 3.04. The van der Waals surface area contributed by atoms with Gasteiger partial charge < -0.3 is 14.4 Å². The fourth-order valence-electron chi connectivity index (χ4n) is 1.79. The van der Waals surface area contributed by atoms with Crippen molar-refractivity contribution in [2.75, 3.05) is 33.4 Å². The van der Waals surface area contributed by atoms with E-state index >= 15 is 0 Å². The lowest BCUT2D eigenvalue weighted by atomic mass is 10.2. The van der Waals surface area contributed by atoms with Crippen molar-refractivity contribution in [3.63, 3.8) is 0 Å². The van der Waals surface area contributed by atoms with Crippen molar-refractivity contribution in [1.29, 1.82) is 0 Å². The second-order valence-electron chi connectivity index (χ2n) is 4.73. The standard InChI is InChI=1S/C17H21BrN2O3S/c1-4-8-20(9-5-2)17(24)19-16(21)13-6-7-15(14(18)12-13)23-11-10-22-3/h4-7,12H,1-2,8-11H2,3H3,(H,19,21,24). The second-order valence-corrected chi connectivity index (χ2v) is 5.97. The quantitative estimate of drug-likeness (QED) is 0.383. The van der Waals surface area contributed by atoms with Gasteiger partial charge in [0.25, 0.3) is 5.91 Å². The largest absolute Gasteiger partial charge is 0.490 e. The van der Waals surface area contributed by atoms with Crippen LogP contribution in [0, 0.1) is 0 Å². The Labute approximate surface area is 156 Å². The van der Waals surface area contributed by atoms with Crippen molar-refractivity contribution < 1.29 is 14.3 Å². The third kappa shape index (κ3) is 6.43. The smallest absolute Gasteiger partial charge is 0.257 e. The lowest BCUT2D eigenvalue weighted by molar-refractivity contribution is 0.0973.